The Kier molecular flexibility index (Phi) is 28.9. The number of ether oxygens (including phenoxy) is 6. The van der Waals surface area contributed by atoms with E-state index in [1.807, 2.05) is 12.1 Å². The molecule has 3 aliphatic rings. The number of benzene rings is 6. The summed E-state index contributed by atoms with van der Waals surface area (Å²) in [5, 5.41) is -1.10. The van der Waals surface area contributed by atoms with Gasteiger partial charge in [-0.1, -0.05) is 72.8 Å². The number of imide groups is 3. The van der Waals surface area contributed by atoms with Gasteiger partial charge in [0, 0.05) is 57.1 Å². The Morgan fingerprint density at radius 3 is 0.892 bits per heavy atom. The second-order valence-electron chi connectivity index (χ2n) is 29.8. The number of nitrogens with zero attached hydrogens (tertiary/aromatic N) is 6. The SMILES string of the molecule is CC(=O)N(C[C@H]1CN(c2ccc(-c3ccc(CN)cc3)c(F)c2)C(=O)O1)C(=O)OC(C)(C)C.CC(=O)N(C[C@H]1CN(c2ccc(-c3ccc(CNS(=O)(=O)C(C)C)cc3)c(F)c2)C(=O)O1)C(=O)OC(C)(C)C.CC(=O)N(C[C@H]1CN(c2ccc(-c3ccc(CNS(=O)(=O)C(C)C)cc3)c(F)c2)C(=O)O1)C(=O)OC(C)(C)C. The fourth-order valence-corrected chi connectivity index (χ4v) is 12.3. The van der Waals surface area contributed by atoms with E-state index in [1.54, 1.807) is 175 Å². The molecule has 0 spiro atoms. The molecule has 3 fully saturated rings. The van der Waals surface area contributed by atoms with Crippen molar-refractivity contribution in [2.45, 2.75) is 176 Å². The van der Waals surface area contributed by atoms with Gasteiger partial charge in [-0.15, -0.1) is 0 Å². The van der Waals surface area contributed by atoms with Gasteiger partial charge >= 0.3 is 36.6 Å². The van der Waals surface area contributed by atoms with Crippen molar-refractivity contribution < 1.29 is 102 Å². The number of hydrogen-bond acceptors (Lipinski definition) is 20. The van der Waals surface area contributed by atoms with Crippen molar-refractivity contribution in [3.63, 3.8) is 0 Å². The van der Waals surface area contributed by atoms with Crippen LogP contribution in [0.2, 0.25) is 0 Å². The van der Waals surface area contributed by atoms with Crippen molar-refractivity contribution in [1.29, 1.82) is 0 Å². The number of rotatable bonds is 21. The number of anilines is 3. The summed E-state index contributed by atoms with van der Waals surface area (Å²) in [5.74, 6) is -3.29. The van der Waals surface area contributed by atoms with Gasteiger partial charge < -0.3 is 34.2 Å². The third kappa shape index (κ3) is 24.8. The fraction of sp³-hybridized carbons (Fsp3) is 0.423. The average molecular weight is 1580 g/mol. The number of carbonyl (C=O) groups is 9. The number of nitrogens with one attached hydrogen (secondary N) is 2. The van der Waals surface area contributed by atoms with Crippen LogP contribution in [0.25, 0.3) is 33.4 Å². The number of carbonyl (C=O) groups excluding carboxylic acids is 9. The van der Waals surface area contributed by atoms with Crippen LogP contribution in [-0.4, -0.2) is 171 Å². The Hall–Kier alpha value is -10.5. The van der Waals surface area contributed by atoms with E-state index >= 15 is 8.78 Å². The average Bonchev–Trinajstić information content (AvgIpc) is 1.79. The van der Waals surface area contributed by atoms with Crippen molar-refractivity contribution >= 4 is 91.4 Å². The van der Waals surface area contributed by atoms with Crippen molar-refractivity contribution in [1.82, 2.24) is 24.1 Å². The van der Waals surface area contributed by atoms with Crippen molar-refractivity contribution in [3.8, 4) is 33.4 Å². The molecule has 0 radical (unpaired) electrons. The Bertz CT molecular complexity index is 4440. The molecule has 3 saturated heterocycles. The molecule has 3 aliphatic heterocycles. The largest absolute Gasteiger partial charge is 0.443 e. The molecule has 28 nitrogen and oxygen atoms in total. The molecule has 600 valence electrons. The first-order valence-corrected chi connectivity index (χ1v) is 38.5. The molecule has 0 aromatic heterocycles. The summed E-state index contributed by atoms with van der Waals surface area (Å²) in [6.07, 6.45) is -7.07. The first-order chi connectivity index (χ1) is 51.6. The van der Waals surface area contributed by atoms with Crippen LogP contribution < -0.4 is 29.9 Å². The van der Waals surface area contributed by atoms with Crippen LogP contribution in [0.5, 0.6) is 0 Å². The third-order valence-corrected chi connectivity index (χ3v) is 20.4. The molecular formula is C78H96F3N9O19S2. The smallest absolute Gasteiger partial charge is 0.417 e. The van der Waals surface area contributed by atoms with Crippen LogP contribution >= 0.6 is 0 Å². The van der Waals surface area contributed by atoms with Crippen LogP contribution in [0.4, 0.5) is 59.0 Å². The lowest BCUT2D eigenvalue weighted by Gasteiger charge is -2.26. The topological polar surface area (TPSA) is 347 Å². The normalized spacial score (nSPS) is 15.9. The highest BCUT2D eigenvalue weighted by Crippen LogP contribution is 2.34. The van der Waals surface area contributed by atoms with Gasteiger partial charge in [0.1, 0.15) is 52.6 Å². The van der Waals surface area contributed by atoms with E-state index in [1.165, 1.54) is 65.8 Å². The van der Waals surface area contributed by atoms with Crippen LogP contribution in [0.3, 0.4) is 0 Å². The first kappa shape index (κ1) is 87.7. The van der Waals surface area contributed by atoms with Gasteiger partial charge in [0.25, 0.3) is 0 Å². The van der Waals surface area contributed by atoms with E-state index in [2.05, 4.69) is 9.44 Å². The maximum Gasteiger partial charge on any atom is 0.417 e. The molecule has 33 heteroatoms. The van der Waals surface area contributed by atoms with E-state index in [-0.39, 0.29) is 63.7 Å². The lowest BCUT2D eigenvalue weighted by atomic mass is 10.0. The van der Waals surface area contributed by atoms with E-state index in [4.69, 9.17) is 34.2 Å². The number of hydrogen-bond donors (Lipinski definition) is 3. The maximum atomic E-state index is 15.1. The van der Waals surface area contributed by atoms with Gasteiger partial charge in [-0.2, -0.15) is 0 Å². The Labute approximate surface area is 644 Å². The van der Waals surface area contributed by atoms with Crippen molar-refractivity contribution in [2.75, 3.05) is 54.0 Å². The van der Waals surface area contributed by atoms with E-state index in [9.17, 15) is 64.4 Å². The van der Waals surface area contributed by atoms with Gasteiger partial charge in [-0.3, -0.25) is 29.1 Å². The van der Waals surface area contributed by atoms with Crippen LogP contribution in [-0.2, 0) is 82.5 Å². The molecule has 3 atom stereocenters. The Morgan fingerprint density at radius 1 is 0.441 bits per heavy atom. The minimum absolute atomic E-state index is 0.00514. The monoisotopic (exact) mass is 1580 g/mol. The highest BCUT2D eigenvalue weighted by Gasteiger charge is 2.41. The van der Waals surface area contributed by atoms with Gasteiger partial charge in [0.2, 0.25) is 37.8 Å². The summed E-state index contributed by atoms with van der Waals surface area (Å²) in [6, 6.07) is 33.9. The zero-order chi connectivity index (χ0) is 82.6. The van der Waals surface area contributed by atoms with Crippen LogP contribution in [0, 0.1) is 17.5 Å². The predicted molar refractivity (Wildman–Crippen MR) is 409 cm³/mol. The van der Waals surface area contributed by atoms with Crippen LogP contribution in [0.15, 0.2) is 127 Å². The van der Waals surface area contributed by atoms with E-state index in [0.717, 1.165) is 31.4 Å². The number of sulfonamides is 2. The quantitative estimate of drug-likeness (QED) is 0.0563. The molecule has 0 unspecified atom stereocenters. The minimum atomic E-state index is -3.40. The van der Waals surface area contributed by atoms with Crippen molar-refractivity contribution in [2.24, 2.45) is 5.73 Å². The lowest BCUT2D eigenvalue weighted by molar-refractivity contribution is -0.130. The van der Waals surface area contributed by atoms with Crippen molar-refractivity contribution in [3.05, 3.63) is 162 Å². The zero-order valence-electron chi connectivity index (χ0n) is 64.8. The van der Waals surface area contributed by atoms with Gasteiger partial charge in [-0.25, -0.2) is 82.9 Å². The van der Waals surface area contributed by atoms with Gasteiger partial charge in [0.05, 0.1) is 66.8 Å². The lowest BCUT2D eigenvalue weighted by Crippen LogP contribution is -2.44. The van der Waals surface area contributed by atoms with Gasteiger partial charge in [0.15, 0.2) is 0 Å². The van der Waals surface area contributed by atoms with Crippen LogP contribution in [0.1, 0.15) is 127 Å². The number of halogens is 3. The Balaban J connectivity index is 0.000000232. The molecule has 0 bridgehead atoms. The number of amides is 9. The summed E-state index contributed by atoms with van der Waals surface area (Å²) in [6.45, 7) is 25.2. The fourth-order valence-electron chi connectivity index (χ4n) is 10.9. The van der Waals surface area contributed by atoms with E-state index < -0.39 is 137 Å². The third-order valence-electron chi connectivity index (χ3n) is 16.8. The molecule has 111 heavy (non-hydrogen) atoms. The number of cyclic esters (lactones) is 3. The molecule has 3 heterocycles. The summed E-state index contributed by atoms with van der Waals surface area (Å²) in [5.41, 5.74) is 9.22. The molecule has 0 saturated carbocycles. The predicted octanol–water partition coefficient (Wildman–Crippen LogP) is 12.9. The molecule has 6 aromatic rings. The molecule has 9 amide bonds. The highest BCUT2D eigenvalue weighted by molar-refractivity contribution is 7.90. The van der Waals surface area contributed by atoms with E-state index in [0.29, 0.717) is 45.6 Å². The second-order valence-corrected chi connectivity index (χ2v) is 34.4. The summed E-state index contributed by atoms with van der Waals surface area (Å²) in [7, 11) is -6.81. The standard InChI is InChI=1S/2C27H34FN3O7S.C24H28FN3O5/c2*1-17(2)39(35,36)29-14-19-7-9-20(10-8-19)23-12-11-21(13-24(23)28)31-16-22(37-25(31)33)15-30(18(3)32)26(34)38-27(4,5)6;1-15(29)27(23(31)33-24(2,3)4)13-19-14-28(22(30)32-19)18-9-10-20(21(25)11-18)17-7-5-16(12-26)6-8-17/h2*7-13,17,22,29H,14-16H2,1-6H3;5-11,19H,12-14,26H2,1-4H3/t2*22-;19-/m000/s1. The molecular weight excluding hydrogens is 1490 g/mol. The minimum Gasteiger partial charge on any atom is -0.443 e. The highest BCUT2D eigenvalue weighted by atomic mass is 32.2. The number of nitrogens with two attached hydrogens (primary N) is 1. The molecule has 9 rings (SSSR count). The molecule has 6 aromatic carbocycles. The Morgan fingerprint density at radius 2 is 0.685 bits per heavy atom. The zero-order valence-corrected chi connectivity index (χ0v) is 66.5. The summed E-state index contributed by atoms with van der Waals surface area (Å²) in [4.78, 5) is 117. The maximum absolute atomic E-state index is 15.1. The van der Waals surface area contributed by atoms with Gasteiger partial charge in [-0.05, 0) is 178 Å². The first-order valence-electron chi connectivity index (χ1n) is 35.4. The molecule has 0 aliphatic carbocycles. The second kappa shape index (κ2) is 36.6. The summed E-state index contributed by atoms with van der Waals surface area (Å²) < 4.78 is 130. The summed E-state index contributed by atoms with van der Waals surface area (Å²) >= 11 is 0. The molecule has 4 N–H and O–H groups in total.